The van der Waals surface area contributed by atoms with E-state index >= 15 is 0 Å². The van der Waals surface area contributed by atoms with Crippen LogP contribution in [0.4, 0.5) is 0 Å². The summed E-state index contributed by atoms with van der Waals surface area (Å²) in [6.07, 6.45) is 4.80. The highest BCUT2D eigenvalue weighted by Crippen LogP contribution is 2.42. The van der Waals surface area contributed by atoms with Gasteiger partial charge in [0, 0.05) is 5.56 Å². The molecule has 3 heterocycles. The van der Waals surface area contributed by atoms with Crippen LogP contribution in [0.3, 0.4) is 0 Å². The molecule has 2 N–H and O–H groups in total. The lowest BCUT2D eigenvalue weighted by atomic mass is 9.88. The number of fused-ring (bicyclic) bond motifs is 1. The number of hydrogen-bond donors (Lipinski definition) is 2. The van der Waals surface area contributed by atoms with Crippen LogP contribution in [0.5, 0.6) is 23.1 Å². The first-order chi connectivity index (χ1) is 17.1. The van der Waals surface area contributed by atoms with E-state index in [-0.39, 0.29) is 11.9 Å². The maximum atomic E-state index is 11.1. The summed E-state index contributed by atoms with van der Waals surface area (Å²) in [5.74, 6) is 2.55. The molecule has 1 aliphatic rings. The zero-order valence-corrected chi connectivity index (χ0v) is 21.0. The van der Waals surface area contributed by atoms with Gasteiger partial charge in [-0.15, -0.1) is 0 Å². The minimum Gasteiger partial charge on any atom is -0.493 e. The van der Waals surface area contributed by atoms with Gasteiger partial charge in [0.05, 0.1) is 34.4 Å². The van der Waals surface area contributed by atoms with Gasteiger partial charge in [0.1, 0.15) is 11.2 Å². The zero-order chi connectivity index (χ0) is 24.4. The molecule has 0 radical (unpaired) electrons. The van der Waals surface area contributed by atoms with Crippen molar-refractivity contribution in [2.75, 3.05) is 34.4 Å². The number of benzene rings is 2. The summed E-state index contributed by atoms with van der Waals surface area (Å²) in [7, 11) is 4.85. The van der Waals surface area contributed by atoms with Gasteiger partial charge in [0.25, 0.3) is 0 Å². The predicted molar refractivity (Wildman–Crippen MR) is 134 cm³/mol. The Labute approximate surface area is 208 Å². The van der Waals surface area contributed by atoms with Crippen LogP contribution in [-0.2, 0) is 6.42 Å². The molecule has 1 saturated heterocycles. The van der Waals surface area contributed by atoms with E-state index in [9.17, 15) is 5.11 Å². The van der Waals surface area contributed by atoms with Gasteiger partial charge in [-0.2, -0.15) is 9.61 Å². The van der Waals surface area contributed by atoms with E-state index in [1.165, 1.54) is 32.6 Å². The lowest BCUT2D eigenvalue weighted by Gasteiger charge is -2.35. The Kier molecular flexibility index (Phi) is 6.79. The first-order valence-corrected chi connectivity index (χ1v) is 12.6. The molecule has 4 aromatic rings. The highest BCUT2D eigenvalue weighted by molar-refractivity contribution is 7.17. The Morgan fingerprint density at radius 2 is 1.74 bits per heavy atom. The second-order valence-electron chi connectivity index (χ2n) is 8.93. The molecule has 1 fully saturated rings. The molecule has 0 bridgehead atoms. The molecule has 0 unspecified atom stereocenters. The minimum absolute atomic E-state index is 0.116. The summed E-state index contributed by atoms with van der Waals surface area (Å²) in [6, 6.07) is 14.6. The lowest BCUT2D eigenvalue weighted by Crippen LogP contribution is -3.13. The third-order valence-corrected chi connectivity index (χ3v) is 8.04. The van der Waals surface area contributed by atoms with Crippen LogP contribution < -0.4 is 19.1 Å². The van der Waals surface area contributed by atoms with Crippen LogP contribution >= 0.6 is 11.3 Å². The Morgan fingerprint density at radius 3 is 2.34 bits per heavy atom. The van der Waals surface area contributed by atoms with E-state index < -0.39 is 0 Å². The van der Waals surface area contributed by atoms with E-state index in [4.69, 9.17) is 14.2 Å². The van der Waals surface area contributed by atoms with Gasteiger partial charge in [0.2, 0.25) is 16.6 Å². The summed E-state index contributed by atoms with van der Waals surface area (Å²) >= 11 is 1.47. The van der Waals surface area contributed by atoms with E-state index in [1.807, 2.05) is 12.1 Å². The summed E-state index contributed by atoms with van der Waals surface area (Å²) in [5, 5.41) is 15.3. The van der Waals surface area contributed by atoms with E-state index in [0.717, 1.165) is 42.8 Å². The van der Waals surface area contributed by atoms with Crippen molar-refractivity contribution in [2.24, 2.45) is 5.92 Å². The maximum absolute atomic E-state index is 11.1. The molecular formula is C26H31N4O4S+. The first kappa shape index (κ1) is 23.4. The number of nitrogens with one attached hydrogen (secondary N) is 1. The molecule has 5 rings (SSSR count). The summed E-state index contributed by atoms with van der Waals surface area (Å²) in [5.41, 5.74) is 2.39. The first-order valence-electron chi connectivity index (χ1n) is 11.8. The molecule has 184 valence electrons. The molecule has 8 nitrogen and oxygen atoms in total. The third-order valence-electron chi connectivity index (χ3n) is 6.94. The van der Waals surface area contributed by atoms with Gasteiger partial charge < -0.3 is 24.2 Å². The number of hydrogen-bond acceptors (Lipinski definition) is 7. The van der Waals surface area contributed by atoms with Gasteiger partial charge in [-0.3, -0.25) is 0 Å². The monoisotopic (exact) mass is 495 g/mol. The minimum atomic E-state index is -0.116. The van der Waals surface area contributed by atoms with Crippen molar-refractivity contribution >= 4 is 16.3 Å². The number of piperidine rings is 1. The van der Waals surface area contributed by atoms with Crippen molar-refractivity contribution in [1.29, 1.82) is 0 Å². The van der Waals surface area contributed by atoms with E-state index in [1.54, 1.807) is 21.3 Å². The molecular weight excluding hydrogens is 464 g/mol. The highest BCUT2D eigenvalue weighted by Gasteiger charge is 2.36. The third kappa shape index (κ3) is 4.53. The van der Waals surface area contributed by atoms with Crippen molar-refractivity contribution in [3.8, 4) is 23.1 Å². The van der Waals surface area contributed by atoms with Crippen molar-refractivity contribution in [3.05, 3.63) is 64.8 Å². The Bertz CT molecular complexity index is 1260. The number of nitrogens with zero attached hydrogens (tertiary/aromatic N) is 3. The van der Waals surface area contributed by atoms with Gasteiger partial charge in [-0.05, 0) is 42.9 Å². The van der Waals surface area contributed by atoms with Gasteiger partial charge in [0.15, 0.2) is 17.5 Å². The fourth-order valence-electron chi connectivity index (χ4n) is 5.21. The molecule has 35 heavy (non-hydrogen) atoms. The van der Waals surface area contributed by atoms with Crippen LogP contribution in [0.15, 0.2) is 48.8 Å². The van der Waals surface area contributed by atoms with Crippen LogP contribution in [0.1, 0.15) is 34.9 Å². The fourth-order valence-corrected chi connectivity index (χ4v) is 6.33. The fraction of sp³-hybridized carbons (Fsp3) is 0.385. The SMILES string of the molecule is COc1cc([C@H](c2sc3ncnn3c2O)[NH+]2CCC(Cc3ccccc3)CC2)cc(OC)c1OC. The molecule has 9 heteroatoms. The van der Waals surface area contributed by atoms with Crippen LogP contribution in [0, 0.1) is 5.92 Å². The number of ether oxygens (including phenoxy) is 3. The molecule has 1 aliphatic heterocycles. The molecule has 0 amide bonds. The molecule has 2 aromatic heterocycles. The molecule has 2 aromatic carbocycles. The summed E-state index contributed by atoms with van der Waals surface area (Å²) in [6.45, 7) is 1.98. The summed E-state index contributed by atoms with van der Waals surface area (Å²) in [4.78, 5) is 7.21. The van der Waals surface area contributed by atoms with Crippen LogP contribution in [0.25, 0.3) is 4.96 Å². The number of thiazole rings is 1. The van der Waals surface area contributed by atoms with E-state index in [2.05, 4.69) is 40.4 Å². The van der Waals surface area contributed by atoms with Gasteiger partial charge in [-0.1, -0.05) is 41.7 Å². The smallest absolute Gasteiger partial charge is 0.235 e. The van der Waals surface area contributed by atoms with E-state index in [0.29, 0.717) is 28.1 Å². The number of aromatic hydroxyl groups is 1. The number of methoxy groups -OCH3 is 3. The van der Waals surface area contributed by atoms with Crippen molar-refractivity contribution < 1.29 is 24.2 Å². The number of aromatic nitrogens is 3. The Hall–Kier alpha value is -3.30. The number of likely N-dealkylation sites (tertiary alicyclic amines) is 1. The maximum Gasteiger partial charge on any atom is 0.235 e. The quantitative estimate of drug-likeness (QED) is 0.391. The largest absolute Gasteiger partial charge is 0.493 e. The van der Waals surface area contributed by atoms with Crippen molar-refractivity contribution in [2.45, 2.75) is 25.3 Å². The molecule has 0 spiro atoms. The highest BCUT2D eigenvalue weighted by atomic mass is 32.1. The standard InChI is InChI=1S/C26H30N4O4S/c1-32-20-14-19(15-21(33-2)23(20)34-3)22(24-25(31)30-26(35-24)27-16-28-30)29-11-9-18(10-12-29)13-17-7-5-4-6-8-17/h4-8,14-16,18,22,31H,9-13H2,1-3H3/p+1/t22-/m1/s1. The average Bonchev–Trinajstić information content (AvgIpc) is 3.48. The van der Waals surface area contributed by atoms with Gasteiger partial charge in [-0.25, -0.2) is 4.98 Å². The molecule has 1 atom stereocenters. The number of quaternary nitrogens is 1. The lowest BCUT2D eigenvalue weighted by molar-refractivity contribution is -0.931. The Balaban J connectivity index is 1.49. The van der Waals surface area contributed by atoms with Crippen molar-refractivity contribution in [1.82, 2.24) is 14.6 Å². The molecule has 0 saturated carbocycles. The van der Waals surface area contributed by atoms with Crippen molar-refractivity contribution in [3.63, 3.8) is 0 Å². The Morgan fingerprint density at radius 1 is 1.06 bits per heavy atom. The normalized spacial score (nSPS) is 18.9. The predicted octanol–water partition coefficient (Wildman–Crippen LogP) is 3.15. The molecule has 0 aliphatic carbocycles. The van der Waals surface area contributed by atoms with Crippen LogP contribution in [-0.4, -0.2) is 54.1 Å². The second-order valence-corrected chi connectivity index (χ2v) is 9.94. The number of rotatable bonds is 8. The van der Waals surface area contributed by atoms with Gasteiger partial charge >= 0.3 is 0 Å². The average molecular weight is 496 g/mol. The topological polar surface area (TPSA) is 82.6 Å². The van der Waals surface area contributed by atoms with Crippen LogP contribution in [0.2, 0.25) is 0 Å². The zero-order valence-electron chi connectivity index (χ0n) is 20.2. The second kappa shape index (κ2) is 10.1. The summed E-state index contributed by atoms with van der Waals surface area (Å²) < 4.78 is 18.3.